The second-order valence-electron chi connectivity index (χ2n) is 3.73. The average molecular weight is 176 g/mol. The number of hydrazone groups is 1. The van der Waals surface area contributed by atoms with Gasteiger partial charge in [-0.1, -0.05) is 25.3 Å². The van der Waals surface area contributed by atoms with Crippen LogP contribution < -0.4 is 5.43 Å². The number of rotatable bonds is 1. The molecule has 1 N–H and O–H groups in total. The summed E-state index contributed by atoms with van der Waals surface area (Å²) in [6, 6.07) is 0. The van der Waals surface area contributed by atoms with Gasteiger partial charge in [0.25, 0.3) is 0 Å². The summed E-state index contributed by atoms with van der Waals surface area (Å²) in [4.78, 5) is 0. The van der Waals surface area contributed by atoms with Crippen molar-refractivity contribution in [1.29, 1.82) is 0 Å². The second kappa shape index (κ2) is 4.26. The molecule has 0 saturated heterocycles. The van der Waals surface area contributed by atoms with Crippen LogP contribution in [0.2, 0.25) is 0 Å². The van der Waals surface area contributed by atoms with Crippen LogP contribution in [0.25, 0.3) is 0 Å². The van der Waals surface area contributed by atoms with Gasteiger partial charge < -0.3 is 0 Å². The summed E-state index contributed by atoms with van der Waals surface area (Å²) < 4.78 is 0. The zero-order valence-electron chi connectivity index (χ0n) is 7.87. The molecule has 0 spiro atoms. The van der Waals surface area contributed by atoms with Gasteiger partial charge in [-0.2, -0.15) is 5.10 Å². The Bertz CT molecular complexity index is 245. The highest BCUT2D eigenvalue weighted by Gasteiger charge is 2.17. The SMILES string of the molecule is C1=CC=C(C2CCCCC2)NN=C1. The summed E-state index contributed by atoms with van der Waals surface area (Å²) in [5.41, 5.74) is 4.42. The molecule has 70 valence electrons. The molecule has 0 radical (unpaired) electrons. The van der Waals surface area contributed by atoms with Crippen molar-refractivity contribution in [3.63, 3.8) is 0 Å². The third kappa shape index (κ3) is 2.20. The first kappa shape index (κ1) is 8.54. The van der Waals surface area contributed by atoms with E-state index in [0.29, 0.717) is 5.92 Å². The zero-order chi connectivity index (χ0) is 8.93. The summed E-state index contributed by atoms with van der Waals surface area (Å²) in [5, 5.41) is 4.10. The van der Waals surface area contributed by atoms with Crippen LogP contribution in [-0.4, -0.2) is 6.21 Å². The summed E-state index contributed by atoms with van der Waals surface area (Å²) in [5.74, 6) is 0.716. The van der Waals surface area contributed by atoms with Gasteiger partial charge in [0.05, 0.1) is 0 Å². The molecule has 0 unspecified atom stereocenters. The minimum absolute atomic E-state index is 0.716. The van der Waals surface area contributed by atoms with Gasteiger partial charge in [-0.05, 0) is 25.0 Å². The normalized spacial score (nSPS) is 23.5. The van der Waals surface area contributed by atoms with Crippen molar-refractivity contribution in [1.82, 2.24) is 5.43 Å². The third-order valence-corrected chi connectivity index (χ3v) is 2.79. The minimum Gasteiger partial charge on any atom is -0.282 e. The number of hydrogen-bond acceptors (Lipinski definition) is 2. The molecule has 1 heterocycles. The van der Waals surface area contributed by atoms with Gasteiger partial charge in [-0.15, -0.1) is 0 Å². The van der Waals surface area contributed by atoms with Crippen LogP contribution in [0, 0.1) is 5.92 Å². The quantitative estimate of drug-likeness (QED) is 0.652. The van der Waals surface area contributed by atoms with E-state index in [1.165, 1.54) is 37.8 Å². The average Bonchev–Trinajstić information content (AvgIpc) is 2.47. The van der Waals surface area contributed by atoms with Gasteiger partial charge in [-0.3, -0.25) is 5.43 Å². The lowest BCUT2D eigenvalue weighted by Crippen LogP contribution is -2.17. The first-order chi connectivity index (χ1) is 6.47. The molecule has 0 aromatic carbocycles. The van der Waals surface area contributed by atoms with Gasteiger partial charge in [0, 0.05) is 17.8 Å². The van der Waals surface area contributed by atoms with E-state index in [9.17, 15) is 0 Å². The first-order valence-electron chi connectivity index (χ1n) is 5.13. The van der Waals surface area contributed by atoms with Crippen molar-refractivity contribution >= 4 is 6.21 Å². The van der Waals surface area contributed by atoms with Crippen LogP contribution in [0.5, 0.6) is 0 Å². The molecule has 2 nitrogen and oxygen atoms in total. The molecule has 1 fully saturated rings. The Morgan fingerprint density at radius 2 is 2.00 bits per heavy atom. The smallest absolute Gasteiger partial charge is 0.0472 e. The zero-order valence-corrected chi connectivity index (χ0v) is 7.87. The molecule has 13 heavy (non-hydrogen) atoms. The molecule has 1 aliphatic carbocycles. The van der Waals surface area contributed by atoms with Crippen LogP contribution in [0.1, 0.15) is 32.1 Å². The van der Waals surface area contributed by atoms with Gasteiger partial charge >= 0.3 is 0 Å². The highest BCUT2D eigenvalue weighted by molar-refractivity contribution is 5.71. The topological polar surface area (TPSA) is 24.4 Å². The molecule has 0 atom stereocenters. The van der Waals surface area contributed by atoms with Gasteiger partial charge in [0.2, 0.25) is 0 Å². The number of allylic oxidation sites excluding steroid dienone is 4. The fraction of sp³-hybridized carbons (Fsp3) is 0.545. The molecule has 0 bridgehead atoms. The predicted molar refractivity (Wildman–Crippen MR) is 55.4 cm³/mol. The predicted octanol–water partition coefficient (Wildman–Crippen LogP) is 2.60. The summed E-state index contributed by atoms with van der Waals surface area (Å²) >= 11 is 0. The molecule has 2 heteroatoms. The maximum Gasteiger partial charge on any atom is 0.0472 e. The number of hydrogen-bond donors (Lipinski definition) is 1. The lowest BCUT2D eigenvalue weighted by molar-refractivity contribution is 0.388. The van der Waals surface area contributed by atoms with Crippen LogP contribution in [0.15, 0.2) is 29.0 Å². The monoisotopic (exact) mass is 176 g/mol. The first-order valence-corrected chi connectivity index (χ1v) is 5.13. The van der Waals surface area contributed by atoms with Gasteiger partial charge in [0.15, 0.2) is 0 Å². The van der Waals surface area contributed by atoms with E-state index in [1.807, 2.05) is 6.08 Å². The van der Waals surface area contributed by atoms with E-state index < -0.39 is 0 Å². The number of nitrogens with one attached hydrogen (secondary N) is 1. The maximum atomic E-state index is 4.10. The lowest BCUT2D eigenvalue weighted by atomic mass is 9.87. The van der Waals surface area contributed by atoms with Crippen molar-refractivity contribution < 1.29 is 0 Å². The van der Waals surface area contributed by atoms with E-state index >= 15 is 0 Å². The Labute approximate surface area is 79.4 Å². The van der Waals surface area contributed by atoms with E-state index in [2.05, 4.69) is 22.7 Å². The molecule has 2 rings (SSSR count). The lowest BCUT2D eigenvalue weighted by Gasteiger charge is -2.23. The largest absolute Gasteiger partial charge is 0.282 e. The summed E-state index contributed by atoms with van der Waals surface area (Å²) in [6.07, 6.45) is 14.8. The van der Waals surface area contributed by atoms with Crippen molar-refractivity contribution in [2.24, 2.45) is 11.0 Å². The molecule has 0 amide bonds. The van der Waals surface area contributed by atoms with Crippen LogP contribution >= 0.6 is 0 Å². The molecular formula is C11H16N2. The Morgan fingerprint density at radius 1 is 1.15 bits per heavy atom. The van der Waals surface area contributed by atoms with Crippen LogP contribution in [-0.2, 0) is 0 Å². The van der Waals surface area contributed by atoms with Crippen molar-refractivity contribution in [2.45, 2.75) is 32.1 Å². The second-order valence-corrected chi connectivity index (χ2v) is 3.73. The highest BCUT2D eigenvalue weighted by Crippen LogP contribution is 2.28. The molecule has 1 aliphatic heterocycles. The standard InChI is InChI=1S/C11H16N2/c1-2-6-10(7-3-1)11-8-4-5-9-12-13-11/h4-5,8-10,13H,1-3,6-7H2. The van der Waals surface area contributed by atoms with Crippen molar-refractivity contribution in [3.05, 3.63) is 23.9 Å². The third-order valence-electron chi connectivity index (χ3n) is 2.79. The summed E-state index contributed by atoms with van der Waals surface area (Å²) in [7, 11) is 0. The fourth-order valence-electron chi connectivity index (χ4n) is 2.04. The van der Waals surface area contributed by atoms with Crippen molar-refractivity contribution in [2.75, 3.05) is 0 Å². The Hall–Kier alpha value is -1.05. The minimum atomic E-state index is 0.716. The molecular weight excluding hydrogens is 160 g/mol. The molecule has 0 aromatic rings. The Balaban J connectivity index is 2.01. The van der Waals surface area contributed by atoms with Gasteiger partial charge in [-0.25, -0.2) is 0 Å². The van der Waals surface area contributed by atoms with E-state index in [4.69, 9.17) is 0 Å². The fourth-order valence-corrected chi connectivity index (χ4v) is 2.04. The Morgan fingerprint density at radius 3 is 2.85 bits per heavy atom. The maximum absolute atomic E-state index is 4.10. The highest BCUT2D eigenvalue weighted by atomic mass is 15.3. The van der Waals surface area contributed by atoms with Crippen LogP contribution in [0.3, 0.4) is 0 Å². The van der Waals surface area contributed by atoms with E-state index in [1.54, 1.807) is 6.21 Å². The Kier molecular flexibility index (Phi) is 2.80. The van der Waals surface area contributed by atoms with E-state index in [0.717, 1.165) is 0 Å². The van der Waals surface area contributed by atoms with Crippen molar-refractivity contribution in [3.8, 4) is 0 Å². The molecule has 0 aromatic heterocycles. The van der Waals surface area contributed by atoms with E-state index in [-0.39, 0.29) is 0 Å². The summed E-state index contributed by atoms with van der Waals surface area (Å²) in [6.45, 7) is 0. The van der Waals surface area contributed by atoms with Gasteiger partial charge in [0.1, 0.15) is 0 Å². The van der Waals surface area contributed by atoms with Crippen LogP contribution in [0.4, 0.5) is 0 Å². The molecule has 1 saturated carbocycles. The number of nitrogens with zero attached hydrogens (tertiary/aromatic N) is 1. The molecule has 2 aliphatic rings.